The number of phenolic OH excluding ortho intramolecular Hbond substituents is 1. The largest absolute Gasteiger partial charge is 0.507 e. The molecule has 174 valence electrons. The number of carbonyl (C=O) groups is 1. The van der Waals surface area contributed by atoms with E-state index in [4.69, 9.17) is 26.1 Å². The molecule has 4 rings (SSSR count). The molecule has 1 aromatic heterocycles. The number of hydrogen-bond donors (Lipinski definition) is 3. The smallest absolute Gasteiger partial charge is 0.264 e. The molecule has 8 nitrogen and oxygen atoms in total. The SMILES string of the molecule is COc1cccc(OC)c1C(=O)NC(=S)Nc1ccc(O)c(-c2nc3cc(C)cc(C)c3o2)c1. The maximum atomic E-state index is 12.8. The first-order valence-corrected chi connectivity index (χ1v) is 10.8. The number of benzene rings is 3. The van der Waals surface area contributed by atoms with Crippen LogP contribution in [0.5, 0.6) is 17.2 Å². The van der Waals surface area contributed by atoms with E-state index in [0.29, 0.717) is 33.8 Å². The third-order valence-corrected chi connectivity index (χ3v) is 5.39. The molecule has 9 heteroatoms. The van der Waals surface area contributed by atoms with Gasteiger partial charge in [0.05, 0.1) is 19.8 Å². The van der Waals surface area contributed by atoms with Crippen molar-refractivity contribution in [1.82, 2.24) is 10.3 Å². The van der Waals surface area contributed by atoms with Gasteiger partial charge in [0.1, 0.15) is 28.3 Å². The van der Waals surface area contributed by atoms with Crippen molar-refractivity contribution in [3.05, 3.63) is 65.2 Å². The summed E-state index contributed by atoms with van der Waals surface area (Å²) in [5, 5.41) is 16.0. The predicted octanol–water partition coefficient (Wildman–Crippen LogP) is 4.96. The van der Waals surface area contributed by atoms with Crippen LogP contribution < -0.4 is 20.1 Å². The number of phenols is 1. The van der Waals surface area contributed by atoms with Crippen LogP contribution in [0.25, 0.3) is 22.6 Å². The number of nitrogens with one attached hydrogen (secondary N) is 2. The Morgan fingerprint density at radius 1 is 1.06 bits per heavy atom. The van der Waals surface area contributed by atoms with Crippen molar-refractivity contribution >= 4 is 40.0 Å². The molecule has 0 saturated carbocycles. The van der Waals surface area contributed by atoms with E-state index in [1.807, 2.05) is 26.0 Å². The first-order valence-electron chi connectivity index (χ1n) is 10.3. The summed E-state index contributed by atoms with van der Waals surface area (Å²) in [6.45, 7) is 3.93. The van der Waals surface area contributed by atoms with Crippen molar-refractivity contribution < 1.29 is 23.8 Å². The van der Waals surface area contributed by atoms with Crippen molar-refractivity contribution in [2.24, 2.45) is 0 Å². The molecule has 1 amide bonds. The molecule has 4 aromatic rings. The van der Waals surface area contributed by atoms with E-state index in [2.05, 4.69) is 15.6 Å². The van der Waals surface area contributed by atoms with Gasteiger partial charge < -0.3 is 24.3 Å². The zero-order valence-electron chi connectivity index (χ0n) is 19.1. The monoisotopic (exact) mass is 477 g/mol. The average molecular weight is 478 g/mol. The molecule has 1 heterocycles. The van der Waals surface area contributed by atoms with Crippen LogP contribution in [0.3, 0.4) is 0 Å². The lowest BCUT2D eigenvalue weighted by atomic mass is 10.1. The lowest BCUT2D eigenvalue weighted by Gasteiger charge is -2.14. The number of rotatable bonds is 5. The number of fused-ring (bicyclic) bond motifs is 1. The molecule has 34 heavy (non-hydrogen) atoms. The summed E-state index contributed by atoms with van der Waals surface area (Å²) < 4.78 is 16.5. The Morgan fingerprint density at radius 2 is 1.76 bits per heavy atom. The lowest BCUT2D eigenvalue weighted by molar-refractivity contribution is 0.0971. The highest BCUT2D eigenvalue weighted by atomic mass is 32.1. The minimum Gasteiger partial charge on any atom is -0.507 e. The third-order valence-electron chi connectivity index (χ3n) is 5.19. The Kier molecular flexibility index (Phi) is 6.38. The molecule has 0 bridgehead atoms. The van der Waals surface area contributed by atoms with Crippen LogP contribution in [0.4, 0.5) is 5.69 Å². The van der Waals surface area contributed by atoms with Crippen LogP contribution in [0.2, 0.25) is 0 Å². The van der Waals surface area contributed by atoms with Crippen molar-refractivity contribution in [3.63, 3.8) is 0 Å². The number of amides is 1. The van der Waals surface area contributed by atoms with Gasteiger partial charge in [-0.15, -0.1) is 0 Å². The van der Waals surface area contributed by atoms with E-state index in [1.54, 1.807) is 30.3 Å². The van der Waals surface area contributed by atoms with E-state index < -0.39 is 5.91 Å². The van der Waals surface area contributed by atoms with Gasteiger partial charge in [0, 0.05) is 5.69 Å². The van der Waals surface area contributed by atoms with E-state index in [0.717, 1.165) is 11.1 Å². The van der Waals surface area contributed by atoms with Gasteiger partial charge in [0.2, 0.25) is 5.89 Å². The van der Waals surface area contributed by atoms with Crippen LogP contribution in [-0.2, 0) is 0 Å². The van der Waals surface area contributed by atoms with E-state index in [1.165, 1.54) is 20.3 Å². The molecule has 0 saturated heterocycles. The molecular formula is C25H23N3O5S. The van der Waals surface area contributed by atoms with Crippen molar-refractivity contribution in [2.75, 3.05) is 19.5 Å². The minimum atomic E-state index is -0.490. The van der Waals surface area contributed by atoms with Gasteiger partial charge in [-0.3, -0.25) is 10.1 Å². The number of oxazole rings is 1. The molecule has 0 radical (unpaired) electrons. The fourth-order valence-electron chi connectivity index (χ4n) is 3.68. The van der Waals surface area contributed by atoms with Crippen LogP contribution >= 0.6 is 12.2 Å². The van der Waals surface area contributed by atoms with Gasteiger partial charge in [-0.1, -0.05) is 12.1 Å². The van der Waals surface area contributed by atoms with Gasteiger partial charge in [0.25, 0.3) is 5.91 Å². The highest BCUT2D eigenvalue weighted by Gasteiger charge is 2.20. The number of aromatic nitrogens is 1. The summed E-state index contributed by atoms with van der Waals surface area (Å²) in [6, 6.07) is 13.7. The van der Waals surface area contributed by atoms with Gasteiger partial charge in [0.15, 0.2) is 10.7 Å². The van der Waals surface area contributed by atoms with E-state index in [9.17, 15) is 9.90 Å². The number of aromatic hydroxyl groups is 1. The second kappa shape index (κ2) is 9.40. The van der Waals surface area contributed by atoms with E-state index in [-0.39, 0.29) is 22.3 Å². The molecule has 3 N–H and O–H groups in total. The Balaban J connectivity index is 1.57. The molecule has 0 spiro atoms. The topological polar surface area (TPSA) is 106 Å². The highest BCUT2D eigenvalue weighted by molar-refractivity contribution is 7.80. The summed E-state index contributed by atoms with van der Waals surface area (Å²) in [4.78, 5) is 17.4. The molecule has 0 unspecified atom stereocenters. The minimum absolute atomic E-state index is 0.000179. The zero-order chi connectivity index (χ0) is 24.4. The fraction of sp³-hybridized carbons (Fsp3) is 0.160. The lowest BCUT2D eigenvalue weighted by Crippen LogP contribution is -2.34. The van der Waals surface area contributed by atoms with Crippen molar-refractivity contribution in [3.8, 4) is 28.7 Å². The van der Waals surface area contributed by atoms with Crippen LogP contribution in [0.1, 0.15) is 21.5 Å². The summed E-state index contributed by atoms with van der Waals surface area (Å²) in [5.41, 5.74) is 4.53. The molecule has 0 atom stereocenters. The Bertz CT molecular complexity index is 1390. The standard InChI is InChI=1S/C25H23N3O5S/c1-13-10-14(2)22-17(11-13)27-24(33-22)16-12-15(8-9-18(16)29)26-25(34)28-23(30)21-19(31-3)6-5-7-20(21)32-4/h5-12,29H,1-4H3,(H2,26,28,30,34). The molecule has 3 aromatic carbocycles. The highest BCUT2D eigenvalue weighted by Crippen LogP contribution is 2.34. The maximum Gasteiger partial charge on any atom is 0.264 e. The quantitative estimate of drug-likeness (QED) is 0.274. The van der Waals surface area contributed by atoms with Gasteiger partial charge in [-0.25, -0.2) is 4.98 Å². The molecular weight excluding hydrogens is 454 g/mol. The average Bonchev–Trinajstić information content (AvgIpc) is 3.23. The Hall–Kier alpha value is -4.11. The van der Waals surface area contributed by atoms with Crippen LogP contribution in [0.15, 0.2) is 52.9 Å². The number of methoxy groups -OCH3 is 2. The second-order valence-electron chi connectivity index (χ2n) is 7.63. The Morgan fingerprint density at radius 3 is 2.44 bits per heavy atom. The number of thiocarbonyl (C=S) groups is 1. The molecule has 0 aliphatic carbocycles. The predicted molar refractivity (Wildman–Crippen MR) is 134 cm³/mol. The summed E-state index contributed by atoms with van der Waals surface area (Å²) >= 11 is 5.32. The number of carbonyl (C=O) groups excluding carboxylic acids is 1. The van der Waals surface area contributed by atoms with Crippen LogP contribution in [-0.4, -0.2) is 35.3 Å². The number of anilines is 1. The second-order valence-corrected chi connectivity index (χ2v) is 8.04. The first-order chi connectivity index (χ1) is 16.3. The van der Waals surface area contributed by atoms with Crippen molar-refractivity contribution in [1.29, 1.82) is 0 Å². The molecule has 0 aliphatic heterocycles. The number of ether oxygens (including phenoxy) is 2. The molecule has 0 aliphatic rings. The van der Waals surface area contributed by atoms with Crippen LogP contribution in [0, 0.1) is 13.8 Å². The summed E-state index contributed by atoms with van der Waals surface area (Å²) in [7, 11) is 2.93. The van der Waals surface area contributed by atoms with Gasteiger partial charge >= 0.3 is 0 Å². The summed E-state index contributed by atoms with van der Waals surface area (Å²) in [6.07, 6.45) is 0. The van der Waals surface area contributed by atoms with Gasteiger partial charge in [-0.2, -0.15) is 0 Å². The maximum absolute atomic E-state index is 12.8. The first kappa shape index (κ1) is 23.1. The van der Waals surface area contributed by atoms with Gasteiger partial charge in [-0.05, 0) is 73.6 Å². The third kappa shape index (κ3) is 4.51. The van der Waals surface area contributed by atoms with Crippen molar-refractivity contribution in [2.45, 2.75) is 13.8 Å². The Labute approximate surface area is 201 Å². The molecule has 0 fully saturated rings. The number of hydrogen-bond acceptors (Lipinski definition) is 7. The fourth-order valence-corrected chi connectivity index (χ4v) is 3.89. The zero-order valence-corrected chi connectivity index (χ0v) is 19.9. The number of aryl methyl sites for hydroxylation is 2. The summed E-state index contributed by atoms with van der Waals surface area (Å²) in [5.74, 6) is 0.496. The number of nitrogens with zero attached hydrogens (tertiary/aromatic N) is 1. The normalized spacial score (nSPS) is 10.7. The van der Waals surface area contributed by atoms with E-state index >= 15 is 0 Å².